The molecule has 9 heteroatoms. The zero-order valence-corrected chi connectivity index (χ0v) is 13.4. The maximum Gasteiger partial charge on any atom is 0.319 e. The molecule has 1 heterocycles. The molecule has 0 saturated heterocycles. The van der Waals surface area contributed by atoms with Gasteiger partial charge in [-0.1, -0.05) is 12.2 Å². The topological polar surface area (TPSA) is 96.9 Å². The summed E-state index contributed by atoms with van der Waals surface area (Å²) in [5.41, 5.74) is -0.317. The third kappa shape index (κ3) is 5.23. The molecule has 3 N–H and O–H groups in total. The molecule has 7 nitrogen and oxygen atoms in total. The van der Waals surface area contributed by atoms with Gasteiger partial charge in [0, 0.05) is 6.07 Å². The van der Waals surface area contributed by atoms with E-state index < -0.39 is 48.5 Å². The Morgan fingerprint density at radius 1 is 1.32 bits per heavy atom. The van der Waals surface area contributed by atoms with Crippen molar-refractivity contribution in [1.82, 2.24) is 5.32 Å². The average molecular weight is 356 g/mol. The zero-order chi connectivity index (χ0) is 18.4. The highest BCUT2D eigenvalue weighted by atomic mass is 19.1. The first-order chi connectivity index (χ1) is 11.9. The van der Waals surface area contributed by atoms with Crippen LogP contribution >= 0.6 is 0 Å². The van der Waals surface area contributed by atoms with Gasteiger partial charge in [0.2, 0.25) is 0 Å². The molecule has 0 radical (unpaired) electrons. The number of carbonyl (C=O) groups is 2. The molecule has 0 aliphatic carbocycles. The van der Waals surface area contributed by atoms with Gasteiger partial charge < -0.3 is 25.2 Å². The number of hydrogen-bond donors (Lipinski definition) is 3. The van der Waals surface area contributed by atoms with Gasteiger partial charge in [-0.25, -0.2) is 13.6 Å². The molecular weight excluding hydrogens is 338 g/mol. The van der Waals surface area contributed by atoms with Gasteiger partial charge in [-0.2, -0.15) is 0 Å². The van der Waals surface area contributed by atoms with Gasteiger partial charge in [-0.05, 0) is 12.1 Å². The van der Waals surface area contributed by atoms with Crippen LogP contribution in [0.5, 0.6) is 0 Å². The van der Waals surface area contributed by atoms with Crippen LogP contribution in [0.4, 0.5) is 19.3 Å². The van der Waals surface area contributed by atoms with E-state index in [0.717, 1.165) is 18.2 Å². The minimum atomic E-state index is -0.803. The number of carbonyl (C=O) groups excluding carboxylic acids is 2. The van der Waals surface area contributed by atoms with Crippen LogP contribution in [0.1, 0.15) is 6.42 Å². The van der Waals surface area contributed by atoms with E-state index in [-0.39, 0.29) is 12.1 Å². The van der Waals surface area contributed by atoms with E-state index in [1.165, 1.54) is 7.11 Å². The predicted molar refractivity (Wildman–Crippen MR) is 83.8 cm³/mol. The Kier molecular flexibility index (Phi) is 6.43. The molecule has 0 saturated carbocycles. The number of amides is 2. The molecule has 0 unspecified atom stereocenters. The van der Waals surface area contributed by atoms with E-state index in [2.05, 4.69) is 15.4 Å². The molecule has 2 amide bonds. The Hall–Kier alpha value is -2.52. The van der Waals surface area contributed by atoms with Crippen molar-refractivity contribution in [3.8, 4) is 0 Å². The summed E-state index contributed by atoms with van der Waals surface area (Å²) in [6.45, 7) is -0.415. The van der Waals surface area contributed by atoms with Crippen LogP contribution in [0, 0.1) is 11.6 Å². The van der Waals surface area contributed by atoms with Crippen molar-refractivity contribution >= 4 is 17.7 Å². The van der Waals surface area contributed by atoms with E-state index >= 15 is 0 Å². The van der Waals surface area contributed by atoms with E-state index in [1.807, 2.05) is 0 Å². The molecule has 1 aliphatic rings. The van der Waals surface area contributed by atoms with Crippen LogP contribution in [-0.4, -0.2) is 49.1 Å². The summed E-state index contributed by atoms with van der Waals surface area (Å²) in [4.78, 5) is 23.2. The number of benzene rings is 1. The third-order valence-electron chi connectivity index (χ3n) is 3.53. The van der Waals surface area contributed by atoms with Crippen molar-refractivity contribution in [1.29, 1.82) is 0 Å². The summed E-state index contributed by atoms with van der Waals surface area (Å²) in [5.74, 6) is -1.96. The fourth-order valence-corrected chi connectivity index (χ4v) is 2.29. The van der Waals surface area contributed by atoms with Gasteiger partial charge in [-0.3, -0.25) is 4.79 Å². The summed E-state index contributed by atoms with van der Waals surface area (Å²) < 4.78 is 36.7. The Morgan fingerprint density at radius 2 is 2.08 bits per heavy atom. The van der Waals surface area contributed by atoms with Crippen molar-refractivity contribution in [2.45, 2.75) is 24.7 Å². The first-order valence-corrected chi connectivity index (χ1v) is 7.47. The predicted octanol–water partition coefficient (Wildman–Crippen LogP) is 1.33. The van der Waals surface area contributed by atoms with Crippen LogP contribution in [0.3, 0.4) is 0 Å². The van der Waals surface area contributed by atoms with E-state index in [9.17, 15) is 23.5 Å². The number of nitrogens with one attached hydrogen (secondary N) is 2. The average Bonchev–Trinajstić information content (AvgIpc) is 2.59. The first kappa shape index (κ1) is 18.8. The van der Waals surface area contributed by atoms with Crippen LogP contribution < -0.4 is 10.6 Å². The van der Waals surface area contributed by atoms with E-state index in [4.69, 9.17) is 4.74 Å². The van der Waals surface area contributed by atoms with E-state index in [1.54, 1.807) is 12.2 Å². The lowest BCUT2D eigenvalue weighted by atomic mass is 10.1. The van der Waals surface area contributed by atoms with Crippen molar-refractivity contribution < 1.29 is 33.0 Å². The number of aliphatic hydroxyl groups excluding tert-OH is 1. The lowest BCUT2D eigenvalue weighted by Gasteiger charge is -2.31. The highest BCUT2D eigenvalue weighted by Gasteiger charge is 2.29. The largest absolute Gasteiger partial charge is 0.469 e. The summed E-state index contributed by atoms with van der Waals surface area (Å²) in [7, 11) is 1.25. The number of aliphatic hydroxyl groups is 1. The minimum Gasteiger partial charge on any atom is -0.469 e. The van der Waals surface area contributed by atoms with Gasteiger partial charge in [0.05, 0.1) is 38.0 Å². The normalized spacial score (nSPS) is 22.3. The van der Waals surface area contributed by atoms with Gasteiger partial charge in [0.15, 0.2) is 0 Å². The summed E-state index contributed by atoms with van der Waals surface area (Å²) in [5, 5.41) is 14.1. The van der Waals surface area contributed by atoms with Crippen LogP contribution in [-0.2, 0) is 14.3 Å². The van der Waals surface area contributed by atoms with Gasteiger partial charge in [-0.15, -0.1) is 0 Å². The van der Waals surface area contributed by atoms with Crippen molar-refractivity contribution in [3.05, 3.63) is 42.0 Å². The number of ether oxygens (including phenoxy) is 2. The Morgan fingerprint density at radius 3 is 2.76 bits per heavy atom. The van der Waals surface area contributed by atoms with Crippen LogP contribution in [0.25, 0.3) is 0 Å². The second-order valence-corrected chi connectivity index (χ2v) is 5.31. The smallest absolute Gasteiger partial charge is 0.319 e. The lowest BCUT2D eigenvalue weighted by molar-refractivity contribution is -0.144. The fraction of sp³-hybridized carbons (Fsp3) is 0.375. The standard InChI is InChI=1S/C16H18F2N2O5/c1-24-15(22)7-10-3-5-12(14(8-21)25-10)19-16(23)20-13-6-9(17)2-4-11(13)18/h2-6,10,12,14,21H,7-8H2,1H3,(H2,19,20,23)/t10-,12-,14+/m0/s1. The molecule has 0 bridgehead atoms. The third-order valence-corrected chi connectivity index (χ3v) is 3.53. The number of anilines is 1. The highest BCUT2D eigenvalue weighted by molar-refractivity contribution is 5.89. The number of halogens is 2. The monoisotopic (exact) mass is 356 g/mol. The number of methoxy groups -OCH3 is 1. The van der Waals surface area contributed by atoms with Gasteiger partial charge >= 0.3 is 12.0 Å². The number of urea groups is 1. The lowest BCUT2D eigenvalue weighted by Crippen LogP contribution is -2.50. The summed E-state index contributed by atoms with van der Waals surface area (Å²) >= 11 is 0. The van der Waals surface area contributed by atoms with Crippen molar-refractivity contribution in [2.75, 3.05) is 19.0 Å². The Balaban J connectivity index is 1.98. The zero-order valence-electron chi connectivity index (χ0n) is 13.4. The van der Waals surface area contributed by atoms with Crippen molar-refractivity contribution in [3.63, 3.8) is 0 Å². The van der Waals surface area contributed by atoms with Crippen molar-refractivity contribution in [2.24, 2.45) is 0 Å². The number of rotatable bonds is 5. The van der Waals surface area contributed by atoms with Gasteiger partial charge in [0.25, 0.3) is 0 Å². The first-order valence-electron chi connectivity index (χ1n) is 7.47. The molecule has 2 rings (SSSR count). The molecular formula is C16H18F2N2O5. The maximum atomic E-state index is 13.5. The second kappa shape index (κ2) is 8.54. The molecule has 1 aromatic rings. The summed E-state index contributed by atoms with van der Waals surface area (Å²) in [6.07, 6.45) is 1.68. The second-order valence-electron chi connectivity index (χ2n) is 5.31. The highest BCUT2D eigenvalue weighted by Crippen LogP contribution is 2.18. The van der Waals surface area contributed by atoms with Crippen LogP contribution in [0.2, 0.25) is 0 Å². The number of hydrogen-bond acceptors (Lipinski definition) is 5. The maximum absolute atomic E-state index is 13.5. The molecule has 1 aromatic carbocycles. The Labute approximate surface area is 142 Å². The molecule has 136 valence electrons. The van der Waals surface area contributed by atoms with E-state index in [0.29, 0.717) is 0 Å². The fourth-order valence-electron chi connectivity index (χ4n) is 2.29. The molecule has 3 atom stereocenters. The summed E-state index contributed by atoms with van der Waals surface area (Å²) in [6, 6.07) is 1.16. The SMILES string of the molecule is COC(=O)C[C@@H]1C=C[C@H](NC(=O)Nc2cc(F)ccc2F)[C@@H](CO)O1. The van der Waals surface area contributed by atoms with Gasteiger partial charge in [0.1, 0.15) is 17.7 Å². The molecule has 25 heavy (non-hydrogen) atoms. The quantitative estimate of drug-likeness (QED) is 0.546. The molecule has 0 fully saturated rings. The molecule has 1 aliphatic heterocycles. The number of esters is 1. The Bertz CT molecular complexity index is 668. The molecule has 0 spiro atoms. The molecule has 0 aromatic heterocycles. The minimum absolute atomic E-state index is 0.0308. The van der Waals surface area contributed by atoms with Crippen LogP contribution in [0.15, 0.2) is 30.4 Å².